The van der Waals surface area contributed by atoms with Gasteiger partial charge in [-0.25, -0.2) is 4.79 Å². The number of carbonyl (C=O) groups excluding carboxylic acids is 4. The Balaban J connectivity index is 5.50. The zero-order valence-electron chi connectivity index (χ0n) is 19.1. The van der Waals surface area contributed by atoms with E-state index in [0.29, 0.717) is 11.5 Å². The van der Waals surface area contributed by atoms with Crippen molar-refractivity contribution < 1.29 is 39.0 Å². The lowest BCUT2D eigenvalue weighted by molar-refractivity contribution is -0.142. The molecule has 4 unspecified atom stereocenters. The van der Waals surface area contributed by atoms with Crippen LogP contribution in [0, 0.1) is 0 Å². The van der Waals surface area contributed by atoms with Gasteiger partial charge in [0, 0.05) is 6.42 Å². The summed E-state index contributed by atoms with van der Waals surface area (Å²) in [6.07, 6.45) is 2.76. The predicted octanol–water partition coefficient (Wildman–Crippen LogP) is -1.90. The number of nitrogens with one attached hydrogen (secondary N) is 3. The van der Waals surface area contributed by atoms with Crippen molar-refractivity contribution in [1.82, 2.24) is 16.0 Å². The fourth-order valence-electron chi connectivity index (χ4n) is 2.66. The van der Waals surface area contributed by atoms with Crippen molar-refractivity contribution in [2.24, 2.45) is 11.5 Å². The van der Waals surface area contributed by atoms with Crippen molar-refractivity contribution in [2.45, 2.75) is 56.3 Å². The van der Waals surface area contributed by atoms with Crippen LogP contribution in [0.4, 0.5) is 0 Å². The number of amides is 4. The lowest BCUT2D eigenvalue weighted by Gasteiger charge is -2.25. The van der Waals surface area contributed by atoms with E-state index in [-0.39, 0.29) is 25.7 Å². The van der Waals surface area contributed by atoms with Gasteiger partial charge in [0.15, 0.2) is 0 Å². The van der Waals surface area contributed by atoms with Gasteiger partial charge in [-0.1, -0.05) is 0 Å². The fraction of sp³-hybridized carbons (Fsp3) is 0.684. The molecule has 0 aromatic rings. The molecule has 9 N–H and O–H groups in total. The topological polar surface area (TPSA) is 231 Å². The van der Waals surface area contributed by atoms with Crippen molar-refractivity contribution in [3.05, 3.63) is 0 Å². The van der Waals surface area contributed by atoms with Crippen LogP contribution in [0.5, 0.6) is 0 Å². The third kappa shape index (κ3) is 13.3. The lowest BCUT2D eigenvalue weighted by atomic mass is 10.1. The molecule has 0 aliphatic rings. The molecule has 34 heavy (non-hydrogen) atoms. The van der Waals surface area contributed by atoms with E-state index in [9.17, 15) is 33.9 Å². The second-order valence-corrected chi connectivity index (χ2v) is 9.27. The number of carbonyl (C=O) groups is 6. The molecular weight excluding hydrogens is 490 g/mol. The van der Waals surface area contributed by atoms with Crippen LogP contribution in [-0.2, 0) is 28.8 Å². The van der Waals surface area contributed by atoms with Gasteiger partial charge in [-0.05, 0) is 43.3 Å². The number of hydrogen-bond donors (Lipinski definition) is 7. The van der Waals surface area contributed by atoms with E-state index in [1.165, 1.54) is 23.5 Å². The Morgan fingerprint density at radius 1 is 0.765 bits per heavy atom. The number of carboxylic acid groups (broad SMARTS) is 2. The number of nitrogens with two attached hydrogens (primary N) is 2. The SMILES string of the molecule is CSCCC(NC(=O)C(CCC(N)=O)NC(=O)C(CCSC)NC(=O)C(N)CC(=O)O)C(=O)O. The van der Waals surface area contributed by atoms with Gasteiger partial charge in [0.25, 0.3) is 0 Å². The Kier molecular flexibility index (Phi) is 15.7. The van der Waals surface area contributed by atoms with Crippen LogP contribution in [0.2, 0.25) is 0 Å². The van der Waals surface area contributed by atoms with Gasteiger partial charge in [-0.2, -0.15) is 23.5 Å². The highest BCUT2D eigenvalue weighted by molar-refractivity contribution is 7.98. The van der Waals surface area contributed by atoms with E-state index in [4.69, 9.17) is 16.6 Å². The molecule has 13 nitrogen and oxygen atoms in total. The number of primary amides is 1. The average molecular weight is 524 g/mol. The van der Waals surface area contributed by atoms with Crippen LogP contribution in [0.25, 0.3) is 0 Å². The number of hydrogen-bond acceptors (Lipinski definition) is 9. The zero-order chi connectivity index (χ0) is 26.3. The molecule has 0 rings (SSSR count). The van der Waals surface area contributed by atoms with Gasteiger partial charge in [0.2, 0.25) is 23.6 Å². The third-order valence-electron chi connectivity index (χ3n) is 4.51. The summed E-state index contributed by atoms with van der Waals surface area (Å²) in [6, 6.07) is -5.02. The molecule has 0 saturated carbocycles. The minimum atomic E-state index is -1.39. The second kappa shape index (κ2) is 17.0. The maximum Gasteiger partial charge on any atom is 0.326 e. The normalized spacial score (nSPS) is 14.2. The number of thioether (sulfide) groups is 2. The summed E-state index contributed by atoms with van der Waals surface area (Å²) in [5.74, 6) is -4.80. The molecular formula is C19H33N5O8S2. The van der Waals surface area contributed by atoms with E-state index in [1.807, 2.05) is 0 Å². The molecule has 0 saturated heterocycles. The van der Waals surface area contributed by atoms with Gasteiger partial charge < -0.3 is 37.6 Å². The summed E-state index contributed by atoms with van der Waals surface area (Å²) in [5, 5.41) is 25.3. The number of carboxylic acids is 2. The summed E-state index contributed by atoms with van der Waals surface area (Å²) < 4.78 is 0. The predicted molar refractivity (Wildman–Crippen MR) is 128 cm³/mol. The van der Waals surface area contributed by atoms with Crippen molar-refractivity contribution in [1.29, 1.82) is 0 Å². The van der Waals surface area contributed by atoms with E-state index in [2.05, 4.69) is 16.0 Å². The molecule has 4 atom stereocenters. The first-order valence-electron chi connectivity index (χ1n) is 10.3. The van der Waals surface area contributed by atoms with Crippen molar-refractivity contribution >= 4 is 59.1 Å². The third-order valence-corrected chi connectivity index (χ3v) is 5.80. The summed E-state index contributed by atoms with van der Waals surface area (Å²) in [4.78, 5) is 71.3. The molecule has 0 radical (unpaired) electrons. The molecule has 0 aromatic heterocycles. The molecule has 0 spiro atoms. The van der Waals surface area contributed by atoms with Crippen molar-refractivity contribution in [2.75, 3.05) is 24.0 Å². The molecule has 194 valence electrons. The Bertz CT molecular complexity index is 739. The molecule has 0 bridgehead atoms. The smallest absolute Gasteiger partial charge is 0.326 e. The Labute approximate surface area is 205 Å². The van der Waals surface area contributed by atoms with Crippen LogP contribution < -0.4 is 27.4 Å². The monoisotopic (exact) mass is 523 g/mol. The molecule has 0 aliphatic carbocycles. The minimum Gasteiger partial charge on any atom is -0.481 e. The molecule has 0 aromatic carbocycles. The van der Waals surface area contributed by atoms with Crippen LogP contribution in [0.15, 0.2) is 0 Å². The van der Waals surface area contributed by atoms with E-state index in [1.54, 1.807) is 12.5 Å². The minimum absolute atomic E-state index is 0.145. The summed E-state index contributed by atoms with van der Waals surface area (Å²) in [7, 11) is 0. The first-order valence-corrected chi connectivity index (χ1v) is 13.1. The molecule has 4 amide bonds. The van der Waals surface area contributed by atoms with Crippen LogP contribution in [0.1, 0.15) is 32.1 Å². The quantitative estimate of drug-likeness (QED) is 0.105. The zero-order valence-corrected chi connectivity index (χ0v) is 20.7. The average Bonchev–Trinajstić information content (AvgIpc) is 2.75. The fourth-order valence-corrected chi connectivity index (χ4v) is 3.60. The molecule has 0 heterocycles. The van der Waals surface area contributed by atoms with Gasteiger partial charge >= 0.3 is 11.9 Å². The van der Waals surface area contributed by atoms with Crippen molar-refractivity contribution in [3.8, 4) is 0 Å². The van der Waals surface area contributed by atoms with Crippen LogP contribution >= 0.6 is 23.5 Å². The summed E-state index contributed by atoms with van der Waals surface area (Å²) >= 11 is 2.78. The van der Waals surface area contributed by atoms with Gasteiger partial charge in [0.1, 0.15) is 18.1 Å². The largest absolute Gasteiger partial charge is 0.481 e. The van der Waals surface area contributed by atoms with E-state index in [0.717, 1.165) is 0 Å². The maximum absolute atomic E-state index is 12.9. The van der Waals surface area contributed by atoms with Crippen LogP contribution in [0.3, 0.4) is 0 Å². The number of aliphatic carboxylic acids is 2. The van der Waals surface area contributed by atoms with E-state index >= 15 is 0 Å². The highest BCUT2D eigenvalue weighted by Gasteiger charge is 2.30. The lowest BCUT2D eigenvalue weighted by Crippen LogP contribution is -2.57. The molecule has 15 heteroatoms. The van der Waals surface area contributed by atoms with Gasteiger partial charge in [-0.15, -0.1) is 0 Å². The molecule has 0 aliphatic heterocycles. The molecule has 0 fully saturated rings. The van der Waals surface area contributed by atoms with Crippen molar-refractivity contribution in [3.63, 3.8) is 0 Å². The van der Waals surface area contributed by atoms with Gasteiger partial charge in [-0.3, -0.25) is 24.0 Å². The second-order valence-electron chi connectivity index (χ2n) is 7.29. The van der Waals surface area contributed by atoms with Gasteiger partial charge in [0.05, 0.1) is 12.5 Å². The first-order chi connectivity index (χ1) is 15.9. The Morgan fingerprint density at radius 3 is 1.65 bits per heavy atom. The van der Waals surface area contributed by atoms with E-state index < -0.39 is 66.2 Å². The first kappa shape index (κ1) is 31.5. The highest BCUT2D eigenvalue weighted by atomic mass is 32.2. The highest BCUT2D eigenvalue weighted by Crippen LogP contribution is 2.07. The summed E-state index contributed by atoms with van der Waals surface area (Å²) in [6.45, 7) is 0. The Morgan fingerprint density at radius 2 is 1.21 bits per heavy atom. The Hall–Kier alpha value is -2.52. The maximum atomic E-state index is 12.9. The van der Waals surface area contributed by atoms with Crippen LogP contribution in [-0.4, -0.2) is 94.0 Å². The number of rotatable bonds is 18. The summed E-state index contributed by atoms with van der Waals surface area (Å²) in [5.41, 5.74) is 10.7. The standard InChI is InChI=1S/C19H33N5O8S2/c1-33-7-5-12(22-16(28)10(20)9-15(26)27)18(30)23-11(3-4-14(21)25)17(29)24-13(19(31)32)6-8-34-2/h10-13H,3-9,20H2,1-2H3,(H2,21,25)(H,22,28)(H,23,30)(H,24,29)(H,26,27)(H,31,32).